The smallest absolute Gasteiger partial charge is 0.257 e. The van der Waals surface area contributed by atoms with Crippen molar-refractivity contribution in [2.45, 2.75) is 50.2 Å². The molecule has 2 unspecified atom stereocenters. The molecule has 2 aromatic heterocycles. The molecule has 1 saturated carbocycles. The second kappa shape index (κ2) is 8.52. The topological polar surface area (TPSA) is 53.7 Å². The van der Waals surface area contributed by atoms with Crippen molar-refractivity contribution in [1.82, 2.24) is 24.2 Å². The average Bonchev–Trinajstić information content (AvgIpc) is 3.64. The highest BCUT2D eigenvalue weighted by atomic mass is 19.1. The van der Waals surface area contributed by atoms with Crippen LogP contribution in [-0.4, -0.2) is 55.2 Å². The van der Waals surface area contributed by atoms with Crippen LogP contribution in [0.3, 0.4) is 0 Å². The Morgan fingerprint density at radius 1 is 0.944 bits per heavy atom. The summed E-state index contributed by atoms with van der Waals surface area (Å²) >= 11 is 0. The Labute approximate surface area is 209 Å². The van der Waals surface area contributed by atoms with Crippen molar-refractivity contribution in [2.75, 3.05) is 13.1 Å². The van der Waals surface area contributed by atoms with Crippen LogP contribution in [-0.2, 0) is 6.54 Å². The fraction of sp³-hybridized carbons (Fsp3) is 0.345. The van der Waals surface area contributed by atoms with Crippen LogP contribution in [0.1, 0.15) is 53.2 Å². The largest absolute Gasteiger partial charge is 0.330 e. The summed E-state index contributed by atoms with van der Waals surface area (Å²) in [5.74, 6) is 0.792. The first-order valence-electron chi connectivity index (χ1n) is 12.9. The maximum absolute atomic E-state index is 14.4. The van der Waals surface area contributed by atoms with E-state index >= 15 is 0 Å². The van der Waals surface area contributed by atoms with E-state index in [1.165, 1.54) is 24.5 Å². The van der Waals surface area contributed by atoms with Crippen molar-refractivity contribution in [3.63, 3.8) is 0 Å². The van der Waals surface area contributed by atoms with Gasteiger partial charge in [-0.05, 0) is 55.4 Å². The third kappa shape index (κ3) is 3.69. The van der Waals surface area contributed by atoms with Gasteiger partial charge in [-0.1, -0.05) is 36.4 Å². The molecule has 4 heterocycles. The normalized spacial score (nSPS) is 21.9. The molecule has 6 nitrogen and oxygen atoms in total. The van der Waals surface area contributed by atoms with Gasteiger partial charge in [0.15, 0.2) is 0 Å². The molecule has 4 aromatic rings. The molecule has 2 aromatic carbocycles. The quantitative estimate of drug-likeness (QED) is 0.407. The number of hydrogen-bond acceptors (Lipinski definition) is 4. The lowest BCUT2D eigenvalue weighted by Gasteiger charge is -2.41. The summed E-state index contributed by atoms with van der Waals surface area (Å²) in [6, 6.07) is 17.3. The summed E-state index contributed by atoms with van der Waals surface area (Å²) in [6.07, 6.45) is 8.28. The summed E-state index contributed by atoms with van der Waals surface area (Å²) in [5, 5.41) is 0. The Balaban J connectivity index is 1.17. The molecule has 2 atom stereocenters. The molecule has 2 saturated heterocycles. The fourth-order valence-corrected chi connectivity index (χ4v) is 6.08. The van der Waals surface area contributed by atoms with E-state index in [0.717, 1.165) is 55.3 Å². The van der Waals surface area contributed by atoms with Gasteiger partial charge < -0.3 is 4.90 Å². The molecule has 182 valence electrons. The lowest BCUT2D eigenvalue weighted by atomic mass is 10.0. The van der Waals surface area contributed by atoms with Gasteiger partial charge in [0.2, 0.25) is 5.78 Å². The minimum Gasteiger partial charge on any atom is -0.330 e. The minimum absolute atomic E-state index is 0.0921. The van der Waals surface area contributed by atoms with E-state index in [4.69, 9.17) is 4.98 Å². The number of imidazole rings is 1. The Hall–Kier alpha value is -3.58. The number of piperazine rings is 1. The first kappa shape index (κ1) is 21.7. The molecular weight excluding hydrogens is 453 g/mol. The highest BCUT2D eigenvalue weighted by Gasteiger charge is 2.43. The zero-order chi connectivity index (χ0) is 24.2. The van der Waals surface area contributed by atoms with E-state index < -0.39 is 5.82 Å². The first-order chi connectivity index (χ1) is 17.7. The molecule has 3 fully saturated rings. The molecule has 2 aliphatic heterocycles. The number of benzene rings is 2. The third-order valence-corrected chi connectivity index (χ3v) is 8.01. The van der Waals surface area contributed by atoms with E-state index in [1.807, 2.05) is 17.2 Å². The molecule has 0 radical (unpaired) electrons. The van der Waals surface area contributed by atoms with Crippen molar-refractivity contribution >= 4 is 11.7 Å². The van der Waals surface area contributed by atoms with Gasteiger partial charge in [-0.2, -0.15) is 0 Å². The van der Waals surface area contributed by atoms with Crippen LogP contribution < -0.4 is 0 Å². The Bertz CT molecular complexity index is 1430. The van der Waals surface area contributed by atoms with Gasteiger partial charge in [0.1, 0.15) is 5.82 Å². The van der Waals surface area contributed by atoms with Crippen molar-refractivity contribution in [3.8, 4) is 11.3 Å². The molecule has 0 N–H and O–H groups in total. The lowest BCUT2D eigenvalue weighted by Crippen LogP contribution is -2.55. The summed E-state index contributed by atoms with van der Waals surface area (Å²) < 4.78 is 16.4. The number of nitrogens with zero attached hydrogens (tertiary/aromatic N) is 5. The number of aromatic nitrogens is 3. The zero-order valence-corrected chi connectivity index (χ0v) is 20.1. The minimum atomic E-state index is -0.445. The molecule has 1 amide bonds. The number of rotatable bonds is 5. The molecule has 7 rings (SSSR count). The van der Waals surface area contributed by atoms with Crippen molar-refractivity contribution < 1.29 is 9.18 Å². The maximum Gasteiger partial charge on any atom is 0.257 e. The van der Waals surface area contributed by atoms with Crippen LogP contribution in [0, 0.1) is 5.82 Å². The van der Waals surface area contributed by atoms with Gasteiger partial charge in [-0.15, -0.1) is 0 Å². The summed E-state index contributed by atoms with van der Waals surface area (Å²) in [4.78, 5) is 27.0. The Morgan fingerprint density at radius 2 is 1.69 bits per heavy atom. The number of carbonyl (C=O) groups is 1. The molecule has 0 spiro atoms. The van der Waals surface area contributed by atoms with Crippen LogP contribution in [0.25, 0.3) is 17.0 Å². The maximum atomic E-state index is 14.4. The average molecular weight is 482 g/mol. The van der Waals surface area contributed by atoms with Gasteiger partial charge >= 0.3 is 0 Å². The SMILES string of the molecule is O=C(c1ccccc1F)N1C2CCC1CN(Cc1c(-c3ccc(C4CC4)cc3)nc3ncccn13)C2. The fourth-order valence-electron chi connectivity index (χ4n) is 6.08. The van der Waals surface area contributed by atoms with E-state index in [2.05, 4.69) is 38.6 Å². The van der Waals surface area contributed by atoms with Gasteiger partial charge in [-0.25, -0.2) is 14.4 Å². The van der Waals surface area contributed by atoms with Crippen molar-refractivity contribution in [2.24, 2.45) is 0 Å². The van der Waals surface area contributed by atoms with Gasteiger partial charge in [-0.3, -0.25) is 14.1 Å². The predicted molar refractivity (Wildman–Crippen MR) is 135 cm³/mol. The van der Waals surface area contributed by atoms with E-state index in [0.29, 0.717) is 5.78 Å². The van der Waals surface area contributed by atoms with Crippen LogP contribution in [0.15, 0.2) is 67.0 Å². The van der Waals surface area contributed by atoms with Crippen LogP contribution in [0.4, 0.5) is 4.39 Å². The number of hydrogen-bond donors (Lipinski definition) is 0. The molecule has 3 aliphatic rings. The summed E-state index contributed by atoms with van der Waals surface area (Å²) in [6.45, 7) is 2.26. The number of carbonyl (C=O) groups excluding carboxylic acids is 1. The summed E-state index contributed by atoms with van der Waals surface area (Å²) in [5.41, 5.74) is 4.78. The summed E-state index contributed by atoms with van der Waals surface area (Å²) in [7, 11) is 0. The standard InChI is InChI=1S/C29H28FN5O/c30-25-5-2-1-4-24(25)28(36)35-22-12-13-23(35)17-33(16-22)18-26-27(32-29-31-14-3-15-34(26)29)21-10-8-20(9-11-21)19-6-7-19/h1-5,8-11,14-15,19,22-23H,6-7,12-13,16-18H2. The lowest BCUT2D eigenvalue weighted by molar-refractivity contribution is 0.0398. The van der Waals surface area contributed by atoms with Gasteiger partial charge in [0.05, 0.1) is 17.0 Å². The van der Waals surface area contributed by atoms with Gasteiger partial charge in [0.25, 0.3) is 5.91 Å². The number of likely N-dealkylation sites (tertiary alicyclic amines) is 1. The molecule has 36 heavy (non-hydrogen) atoms. The second-order valence-corrected chi connectivity index (χ2v) is 10.4. The highest BCUT2D eigenvalue weighted by Crippen LogP contribution is 2.41. The van der Waals surface area contributed by atoms with E-state index in [9.17, 15) is 9.18 Å². The Kier molecular flexibility index (Phi) is 5.13. The first-order valence-corrected chi connectivity index (χ1v) is 12.9. The van der Waals surface area contributed by atoms with E-state index in [-0.39, 0.29) is 23.6 Å². The zero-order valence-electron chi connectivity index (χ0n) is 20.1. The Morgan fingerprint density at radius 3 is 2.42 bits per heavy atom. The number of fused-ring (bicyclic) bond motifs is 3. The molecule has 2 bridgehead atoms. The molecular formula is C29H28FN5O. The van der Waals surface area contributed by atoms with Crippen LogP contribution in [0.2, 0.25) is 0 Å². The van der Waals surface area contributed by atoms with Crippen LogP contribution in [0.5, 0.6) is 0 Å². The van der Waals surface area contributed by atoms with Crippen molar-refractivity contribution in [3.05, 3.63) is 89.6 Å². The number of halogens is 1. The van der Waals surface area contributed by atoms with E-state index in [1.54, 1.807) is 24.4 Å². The monoisotopic (exact) mass is 481 g/mol. The van der Waals surface area contributed by atoms with Gasteiger partial charge in [0, 0.05) is 49.7 Å². The second-order valence-electron chi connectivity index (χ2n) is 10.4. The van der Waals surface area contributed by atoms with Crippen LogP contribution >= 0.6 is 0 Å². The number of amides is 1. The highest BCUT2D eigenvalue weighted by molar-refractivity contribution is 5.95. The third-order valence-electron chi connectivity index (χ3n) is 8.01. The van der Waals surface area contributed by atoms with Crippen molar-refractivity contribution in [1.29, 1.82) is 0 Å². The molecule has 1 aliphatic carbocycles. The predicted octanol–water partition coefficient (Wildman–Crippen LogP) is 4.90. The molecule has 7 heteroatoms.